The zero-order valence-corrected chi connectivity index (χ0v) is 11.5. The maximum atomic E-state index is 12.2. The van der Waals surface area contributed by atoms with Crippen LogP contribution in [0.4, 0.5) is 0 Å². The van der Waals surface area contributed by atoms with Crippen LogP contribution in [-0.4, -0.2) is 29.9 Å². The number of rotatable bonds is 3. The molecule has 0 aliphatic carbocycles. The van der Waals surface area contributed by atoms with Crippen LogP contribution in [0.3, 0.4) is 0 Å². The Kier molecular flexibility index (Phi) is 3.61. The lowest BCUT2D eigenvalue weighted by molar-refractivity contribution is 0.104. The number of carbonyl (C=O) groups excluding carboxylic acids is 1. The van der Waals surface area contributed by atoms with Crippen LogP contribution in [0.1, 0.15) is 15.9 Å². The fourth-order valence-electron chi connectivity index (χ4n) is 1.91. The fourth-order valence-corrected chi connectivity index (χ4v) is 1.91. The Morgan fingerprint density at radius 1 is 1.35 bits per heavy atom. The lowest BCUT2D eigenvalue weighted by Crippen LogP contribution is -2.05. The van der Waals surface area contributed by atoms with Gasteiger partial charge in [-0.1, -0.05) is 0 Å². The van der Waals surface area contributed by atoms with Crippen molar-refractivity contribution in [1.82, 2.24) is 4.90 Å². The molecule has 1 aromatic heterocycles. The van der Waals surface area contributed by atoms with Gasteiger partial charge in [0.05, 0.1) is 0 Å². The monoisotopic (exact) mass is 273 g/mol. The number of benzene rings is 1. The molecule has 2 aromatic rings. The lowest BCUT2D eigenvalue weighted by atomic mass is 10.0. The maximum Gasteiger partial charge on any atom is 0.336 e. The smallest absolute Gasteiger partial charge is 0.336 e. The largest absolute Gasteiger partial charge is 0.507 e. The van der Waals surface area contributed by atoms with E-state index in [1.165, 1.54) is 18.2 Å². The average molecular weight is 273 g/mol. The number of carbonyl (C=O) groups is 1. The summed E-state index contributed by atoms with van der Waals surface area (Å²) in [7, 11) is 3.55. The summed E-state index contributed by atoms with van der Waals surface area (Å²) in [6.45, 7) is 1.75. The van der Waals surface area contributed by atoms with Crippen LogP contribution in [0.5, 0.6) is 5.75 Å². The zero-order valence-electron chi connectivity index (χ0n) is 11.5. The van der Waals surface area contributed by atoms with Gasteiger partial charge in [-0.05, 0) is 24.6 Å². The normalized spacial score (nSPS) is 11.2. The van der Waals surface area contributed by atoms with Crippen molar-refractivity contribution in [2.45, 2.75) is 6.92 Å². The Labute approximate surface area is 115 Å². The summed E-state index contributed by atoms with van der Waals surface area (Å²) in [5, 5.41) is 10.5. The Morgan fingerprint density at radius 3 is 2.70 bits per heavy atom. The predicted octanol–water partition coefficient (Wildman–Crippen LogP) is 2.07. The van der Waals surface area contributed by atoms with E-state index in [1.807, 2.05) is 0 Å². The molecular formula is C15H15NO4. The number of hydrogen-bond donors (Lipinski definition) is 1. The van der Waals surface area contributed by atoms with E-state index in [-0.39, 0.29) is 16.9 Å². The van der Waals surface area contributed by atoms with Crippen molar-refractivity contribution in [1.29, 1.82) is 0 Å². The second kappa shape index (κ2) is 5.21. The van der Waals surface area contributed by atoms with E-state index in [0.717, 1.165) is 0 Å². The standard InChI is InChI=1S/C15H15NO4/c1-9-8-13(19)20-15-10(9)4-5-11(17)14(15)12(18)6-7-16(2)3/h4-8,17H,1-3H3. The highest BCUT2D eigenvalue weighted by atomic mass is 16.4. The summed E-state index contributed by atoms with van der Waals surface area (Å²) in [4.78, 5) is 25.3. The van der Waals surface area contributed by atoms with Gasteiger partial charge in [0.25, 0.3) is 0 Å². The Bertz CT molecular complexity index is 756. The first-order valence-corrected chi connectivity index (χ1v) is 6.05. The summed E-state index contributed by atoms with van der Waals surface area (Å²) in [5.74, 6) is -0.629. The number of aromatic hydroxyl groups is 1. The first-order valence-electron chi connectivity index (χ1n) is 6.05. The molecule has 0 radical (unpaired) electrons. The Balaban J connectivity index is 2.71. The molecule has 0 bridgehead atoms. The molecule has 5 heteroatoms. The highest BCUT2D eigenvalue weighted by Gasteiger charge is 2.17. The summed E-state index contributed by atoms with van der Waals surface area (Å²) in [5.41, 5.74) is 0.262. The number of aryl methyl sites for hydroxylation is 1. The van der Waals surface area contributed by atoms with Gasteiger partial charge in [-0.15, -0.1) is 0 Å². The van der Waals surface area contributed by atoms with Crippen LogP contribution in [-0.2, 0) is 0 Å². The molecule has 0 unspecified atom stereocenters. The Morgan fingerprint density at radius 2 is 2.05 bits per heavy atom. The minimum absolute atomic E-state index is 0.00130. The van der Waals surface area contributed by atoms with Gasteiger partial charge in [-0.3, -0.25) is 4.79 Å². The number of phenolic OH excluding ortho intramolecular Hbond substituents is 1. The molecule has 104 valence electrons. The van der Waals surface area contributed by atoms with Gasteiger partial charge < -0.3 is 14.4 Å². The number of phenols is 1. The molecule has 20 heavy (non-hydrogen) atoms. The van der Waals surface area contributed by atoms with Crippen LogP contribution < -0.4 is 5.63 Å². The Hall–Kier alpha value is -2.56. The molecule has 0 saturated carbocycles. The van der Waals surface area contributed by atoms with E-state index in [1.54, 1.807) is 38.2 Å². The van der Waals surface area contributed by atoms with Crippen molar-refractivity contribution in [3.05, 3.63) is 52.0 Å². The topological polar surface area (TPSA) is 70.8 Å². The van der Waals surface area contributed by atoms with Gasteiger partial charge in [0.1, 0.15) is 11.3 Å². The second-order valence-electron chi connectivity index (χ2n) is 4.73. The molecule has 0 aliphatic rings. The van der Waals surface area contributed by atoms with Crippen LogP contribution in [0.15, 0.2) is 39.7 Å². The van der Waals surface area contributed by atoms with E-state index in [9.17, 15) is 14.7 Å². The van der Waals surface area contributed by atoms with Crippen LogP contribution in [0.2, 0.25) is 0 Å². The number of fused-ring (bicyclic) bond motifs is 1. The van der Waals surface area contributed by atoms with Gasteiger partial charge in [0, 0.05) is 37.8 Å². The lowest BCUT2D eigenvalue weighted by Gasteiger charge is -2.07. The highest BCUT2D eigenvalue weighted by molar-refractivity contribution is 6.14. The molecule has 0 saturated heterocycles. The van der Waals surface area contributed by atoms with Crippen molar-refractivity contribution in [3.8, 4) is 5.75 Å². The molecule has 0 amide bonds. The van der Waals surface area contributed by atoms with Crippen molar-refractivity contribution in [2.24, 2.45) is 0 Å². The quantitative estimate of drug-likeness (QED) is 0.526. The molecule has 0 atom stereocenters. The van der Waals surface area contributed by atoms with Gasteiger partial charge in [-0.2, -0.15) is 0 Å². The zero-order chi connectivity index (χ0) is 14.9. The molecule has 1 N–H and O–H groups in total. The van der Waals surface area contributed by atoms with E-state index >= 15 is 0 Å². The second-order valence-corrected chi connectivity index (χ2v) is 4.73. The first-order chi connectivity index (χ1) is 9.40. The molecule has 5 nitrogen and oxygen atoms in total. The first kappa shape index (κ1) is 13.9. The van der Waals surface area contributed by atoms with Gasteiger partial charge in [-0.25, -0.2) is 4.79 Å². The molecule has 2 rings (SSSR count). The van der Waals surface area contributed by atoms with Gasteiger partial charge >= 0.3 is 5.63 Å². The summed E-state index contributed by atoms with van der Waals surface area (Å²) in [6.07, 6.45) is 2.88. The van der Waals surface area contributed by atoms with Crippen LogP contribution in [0.25, 0.3) is 11.0 Å². The van der Waals surface area contributed by atoms with Crippen molar-refractivity contribution in [3.63, 3.8) is 0 Å². The van der Waals surface area contributed by atoms with Gasteiger partial charge in [0.15, 0.2) is 11.4 Å². The highest BCUT2D eigenvalue weighted by Crippen LogP contribution is 2.28. The van der Waals surface area contributed by atoms with Gasteiger partial charge in [0.2, 0.25) is 0 Å². The number of ketones is 1. The summed E-state index contributed by atoms with van der Waals surface area (Å²) in [6, 6.07) is 4.39. The van der Waals surface area contributed by atoms with Crippen molar-refractivity contribution < 1.29 is 14.3 Å². The average Bonchev–Trinajstić information content (AvgIpc) is 2.35. The third-order valence-corrected chi connectivity index (χ3v) is 2.87. The molecule has 1 aromatic carbocycles. The third kappa shape index (κ3) is 2.56. The molecule has 1 heterocycles. The summed E-state index contributed by atoms with van der Waals surface area (Å²) >= 11 is 0. The number of hydrogen-bond acceptors (Lipinski definition) is 5. The molecule has 0 aliphatic heterocycles. The summed E-state index contributed by atoms with van der Waals surface area (Å²) < 4.78 is 5.10. The van der Waals surface area contributed by atoms with Crippen molar-refractivity contribution >= 4 is 16.8 Å². The third-order valence-electron chi connectivity index (χ3n) is 2.87. The minimum atomic E-state index is -0.550. The minimum Gasteiger partial charge on any atom is -0.507 e. The predicted molar refractivity (Wildman–Crippen MR) is 76.0 cm³/mol. The molecule has 0 fully saturated rings. The fraction of sp³-hybridized carbons (Fsp3) is 0.200. The number of allylic oxidation sites excluding steroid dienone is 1. The van der Waals surface area contributed by atoms with Crippen molar-refractivity contribution in [2.75, 3.05) is 14.1 Å². The molecule has 0 spiro atoms. The van der Waals surface area contributed by atoms with E-state index < -0.39 is 11.4 Å². The number of nitrogens with zero attached hydrogens (tertiary/aromatic N) is 1. The maximum absolute atomic E-state index is 12.2. The van der Waals surface area contributed by atoms with E-state index in [4.69, 9.17) is 4.42 Å². The van der Waals surface area contributed by atoms with Crippen LogP contribution in [0, 0.1) is 6.92 Å². The van der Waals surface area contributed by atoms with E-state index in [2.05, 4.69) is 0 Å². The van der Waals surface area contributed by atoms with Crippen LogP contribution >= 0.6 is 0 Å². The molecular weight excluding hydrogens is 258 g/mol. The SMILES string of the molecule is Cc1cc(=O)oc2c(C(=O)C=CN(C)C)c(O)ccc12. The van der Waals surface area contributed by atoms with E-state index in [0.29, 0.717) is 10.9 Å².